The van der Waals surface area contributed by atoms with Crippen LogP contribution in [0, 0.1) is 6.92 Å². The molecule has 0 bridgehead atoms. The van der Waals surface area contributed by atoms with E-state index >= 15 is 0 Å². The van der Waals surface area contributed by atoms with Crippen molar-refractivity contribution in [2.45, 2.75) is 6.92 Å². The number of ether oxygens (including phenoxy) is 1. The van der Waals surface area contributed by atoms with Gasteiger partial charge in [0.15, 0.2) is 5.82 Å². The van der Waals surface area contributed by atoms with Gasteiger partial charge in [-0.2, -0.15) is 15.2 Å². The second-order valence-electron chi connectivity index (χ2n) is 2.81. The van der Waals surface area contributed by atoms with E-state index in [1.807, 2.05) is 19.1 Å². The molecular formula is C9H10N4O. The Kier molecular flexibility index (Phi) is 2.14. The van der Waals surface area contributed by atoms with Crippen LogP contribution < -0.4 is 4.74 Å². The van der Waals surface area contributed by atoms with Crippen molar-refractivity contribution in [3.63, 3.8) is 0 Å². The lowest BCUT2D eigenvalue weighted by Crippen LogP contribution is -2.04. The van der Waals surface area contributed by atoms with Crippen molar-refractivity contribution in [3.05, 3.63) is 30.1 Å². The Bertz CT molecular complexity index is 424. The van der Waals surface area contributed by atoms with Gasteiger partial charge in [-0.3, -0.25) is 0 Å². The zero-order valence-electron chi connectivity index (χ0n) is 8.01. The Morgan fingerprint density at radius 3 is 2.57 bits per heavy atom. The number of rotatable bonds is 2. The molecule has 14 heavy (non-hydrogen) atoms. The van der Waals surface area contributed by atoms with Crippen molar-refractivity contribution in [1.82, 2.24) is 20.0 Å². The average molecular weight is 190 g/mol. The summed E-state index contributed by atoms with van der Waals surface area (Å²) in [6, 6.07) is 3.73. The van der Waals surface area contributed by atoms with E-state index in [0.29, 0.717) is 11.7 Å². The van der Waals surface area contributed by atoms with Crippen LogP contribution in [0.2, 0.25) is 0 Å². The molecule has 2 aromatic heterocycles. The summed E-state index contributed by atoms with van der Waals surface area (Å²) in [4.78, 5) is 5.72. The minimum Gasteiger partial charge on any atom is -0.481 e. The standard InChI is InChI=1S/C9H10N4O/c1-7-3-4-8(14-2)12-9(7)13-10-5-6-11-13/h3-6H,1-2H3. The van der Waals surface area contributed by atoms with E-state index in [1.165, 1.54) is 4.80 Å². The van der Waals surface area contributed by atoms with E-state index in [1.54, 1.807) is 19.5 Å². The van der Waals surface area contributed by atoms with Crippen molar-refractivity contribution in [2.75, 3.05) is 7.11 Å². The molecule has 5 nitrogen and oxygen atoms in total. The average Bonchev–Trinajstić information content (AvgIpc) is 2.71. The Morgan fingerprint density at radius 1 is 1.21 bits per heavy atom. The van der Waals surface area contributed by atoms with Crippen LogP contribution in [0.1, 0.15) is 5.56 Å². The molecule has 5 heteroatoms. The lowest BCUT2D eigenvalue weighted by atomic mass is 10.3. The Labute approximate surface area is 81.3 Å². The summed E-state index contributed by atoms with van der Waals surface area (Å²) in [5.74, 6) is 1.25. The predicted molar refractivity (Wildman–Crippen MR) is 50.4 cm³/mol. The molecule has 0 spiro atoms. The molecule has 0 fully saturated rings. The van der Waals surface area contributed by atoms with Gasteiger partial charge in [-0.25, -0.2) is 0 Å². The lowest BCUT2D eigenvalue weighted by Gasteiger charge is -2.05. The highest BCUT2D eigenvalue weighted by Gasteiger charge is 2.05. The van der Waals surface area contributed by atoms with E-state index in [-0.39, 0.29) is 0 Å². The number of methoxy groups -OCH3 is 1. The normalized spacial score (nSPS) is 10.1. The van der Waals surface area contributed by atoms with Crippen LogP contribution in [0.25, 0.3) is 5.82 Å². The molecule has 0 aromatic carbocycles. The molecule has 2 heterocycles. The number of aromatic nitrogens is 4. The van der Waals surface area contributed by atoms with Crippen molar-refractivity contribution in [3.8, 4) is 11.7 Å². The van der Waals surface area contributed by atoms with Crippen LogP contribution in [0.3, 0.4) is 0 Å². The predicted octanol–water partition coefficient (Wildman–Crippen LogP) is 0.979. The minimum absolute atomic E-state index is 0.558. The van der Waals surface area contributed by atoms with Gasteiger partial charge in [-0.1, -0.05) is 6.07 Å². The van der Waals surface area contributed by atoms with Crippen molar-refractivity contribution in [2.24, 2.45) is 0 Å². The van der Waals surface area contributed by atoms with Crippen LogP contribution in [0.5, 0.6) is 5.88 Å². The van der Waals surface area contributed by atoms with Crippen LogP contribution in [0.15, 0.2) is 24.5 Å². The largest absolute Gasteiger partial charge is 0.481 e. The molecule has 72 valence electrons. The molecule has 0 saturated carbocycles. The molecule has 0 radical (unpaired) electrons. The van der Waals surface area contributed by atoms with E-state index in [2.05, 4.69) is 15.2 Å². The van der Waals surface area contributed by atoms with Gasteiger partial charge in [0.1, 0.15) is 0 Å². The third-order valence-corrected chi connectivity index (χ3v) is 1.86. The van der Waals surface area contributed by atoms with Gasteiger partial charge in [-0.05, 0) is 12.5 Å². The maximum Gasteiger partial charge on any atom is 0.215 e. The van der Waals surface area contributed by atoms with Crippen molar-refractivity contribution >= 4 is 0 Å². The summed E-state index contributed by atoms with van der Waals surface area (Å²) >= 11 is 0. The highest BCUT2D eigenvalue weighted by Crippen LogP contribution is 2.13. The Hall–Kier alpha value is -1.91. The van der Waals surface area contributed by atoms with Crippen molar-refractivity contribution < 1.29 is 4.74 Å². The highest BCUT2D eigenvalue weighted by atomic mass is 16.5. The van der Waals surface area contributed by atoms with Crippen LogP contribution in [-0.2, 0) is 0 Å². The van der Waals surface area contributed by atoms with Crippen molar-refractivity contribution in [1.29, 1.82) is 0 Å². The van der Waals surface area contributed by atoms with Gasteiger partial charge in [-0.15, -0.1) is 4.80 Å². The SMILES string of the molecule is COc1ccc(C)c(-n2nccn2)n1. The van der Waals surface area contributed by atoms with Gasteiger partial charge in [0.05, 0.1) is 19.5 Å². The number of aryl methyl sites for hydroxylation is 1. The molecule has 2 aromatic rings. The van der Waals surface area contributed by atoms with E-state index in [9.17, 15) is 0 Å². The fraction of sp³-hybridized carbons (Fsp3) is 0.222. The number of pyridine rings is 1. The quantitative estimate of drug-likeness (QED) is 0.708. The first kappa shape index (κ1) is 8.68. The molecule has 2 rings (SSSR count). The Morgan fingerprint density at radius 2 is 1.93 bits per heavy atom. The maximum atomic E-state index is 5.03. The summed E-state index contributed by atoms with van der Waals surface area (Å²) in [6.45, 7) is 1.95. The maximum absolute atomic E-state index is 5.03. The molecule has 0 amide bonds. The summed E-state index contributed by atoms with van der Waals surface area (Å²) < 4.78 is 5.03. The monoisotopic (exact) mass is 190 g/mol. The fourth-order valence-corrected chi connectivity index (χ4v) is 1.14. The zero-order valence-corrected chi connectivity index (χ0v) is 8.01. The minimum atomic E-state index is 0.558. The van der Waals surface area contributed by atoms with Crippen LogP contribution in [-0.4, -0.2) is 27.1 Å². The molecule has 0 aliphatic carbocycles. The highest BCUT2D eigenvalue weighted by molar-refractivity contribution is 5.34. The fourth-order valence-electron chi connectivity index (χ4n) is 1.14. The van der Waals surface area contributed by atoms with Gasteiger partial charge in [0.2, 0.25) is 5.88 Å². The number of hydrogen-bond acceptors (Lipinski definition) is 4. The first-order valence-electron chi connectivity index (χ1n) is 4.19. The van der Waals surface area contributed by atoms with Gasteiger partial charge >= 0.3 is 0 Å². The van der Waals surface area contributed by atoms with Gasteiger partial charge in [0, 0.05) is 6.07 Å². The molecule has 0 N–H and O–H groups in total. The van der Waals surface area contributed by atoms with E-state index in [4.69, 9.17) is 4.74 Å². The van der Waals surface area contributed by atoms with Gasteiger partial charge < -0.3 is 4.74 Å². The smallest absolute Gasteiger partial charge is 0.215 e. The number of nitrogens with zero attached hydrogens (tertiary/aromatic N) is 4. The Balaban J connectivity index is 2.51. The lowest BCUT2D eigenvalue weighted by molar-refractivity contribution is 0.396. The molecule has 0 aliphatic heterocycles. The second-order valence-corrected chi connectivity index (χ2v) is 2.81. The summed E-state index contributed by atoms with van der Waals surface area (Å²) in [6.07, 6.45) is 3.22. The molecular weight excluding hydrogens is 180 g/mol. The second kappa shape index (κ2) is 3.45. The molecule has 0 saturated heterocycles. The third-order valence-electron chi connectivity index (χ3n) is 1.86. The topological polar surface area (TPSA) is 52.8 Å². The molecule has 0 atom stereocenters. The third kappa shape index (κ3) is 1.44. The van der Waals surface area contributed by atoms with E-state index < -0.39 is 0 Å². The summed E-state index contributed by atoms with van der Waals surface area (Å²) in [5, 5.41) is 8.02. The van der Waals surface area contributed by atoms with Crippen LogP contribution in [0.4, 0.5) is 0 Å². The van der Waals surface area contributed by atoms with Gasteiger partial charge in [0.25, 0.3) is 0 Å². The molecule has 0 unspecified atom stereocenters. The van der Waals surface area contributed by atoms with Crippen LogP contribution >= 0.6 is 0 Å². The number of hydrogen-bond donors (Lipinski definition) is 0. The van der Waals surface area contributed by atoms with E-state index in [0.717, 1.165) is 5.56 Å². The first-order chi connectivity index (χ1) is 6.81. The summed E-state index contributed by atoms with van der Waals surface area (Å²) in [7, 11) is 1.58. The summed E-state index contributed by atoms with van der Waals surface area (Å²) in [5.41, 5.74) is 1.00. The first-order valence-corrected chi connectivity index (χ1v) is 4.19. The molecule has 0 aliphatic rings. The zero-order chi connectivity index (χ0) is 9.97.